The van der Waals surface area contributed by atoms with Crippen molar-refractivity contribution in [3.63, 3.8) is 0 Å². The van der Waals surface area contributed by atoms with Crippen LogP contribution in [-0.2, 0) is 18.4 Å². The largest absolute Gasteiger partial charge is 0.348 e. The van der Waals surface area contributed by atoms with E-state index >= 15 is 0 Å². The molecule has 35 heavy (non-hydrogen) atoms. The van der Waals surface area contributed by atoms with E-state index in [0.717, 1.165) is 23.5 Å². The summed E-state index contributed by atoms with van der Waals surface area (Å²) in [5.74, 6) is 1.57. The van der Waals surface area contributed by atoms with Crippen molar-refractivity contribution >= 4 is 5.91 Å². The number of benzene rings is 3. The fourth-order valence-electron chi connectivity index (χ4n) is 6.44. The van der Waals surface area contributed by atoms with E-state index < -0.39 is 0 Å². The zero-order valence-electron chi connectivity index (χ0n) is 21.0. The average molecular weight is 465 g/mol. The highest BCUT2D eigenvalue weighted by Crippen LogP contribution is 2.49. The van der Waals surface area contributed by atoms with Crippen LogP contribution in [0, 0.1) is 11.8 Å². The molecule has 1 saturated heterocycles. The lowest BCUT2D eigenvalue weighted by Crippen LogP contribution is -2.58. The number of hydrogen-bond acceptors (Lipinski definition) is 2. The van der Waals surface area contributed by atoms with Crippen molar-refractivity contribution in [1.82, 2.24) is 10.2 Å². The maximum atomic E-state index is 13.1. The molecular weight excluding hydrogens is 428 g/mol. The summed E-state index contributed by atoms with van der Waals surface area (Å²) in [6.07, 6.45) is 5.14. The second-order valence-electron chi connectivity index (χ2n) is 11.3. The smallest absolute Gasteiger partial charge is 0.251 e. The van der Waals surface area contributed by atoms with Crippen molar-refractivity contribution in [2.75, 3.05) is 13.1 Å². The van der Waals surface area contributed by atoms with Gasteiger partial charge in [-0.3, -0.25) is 9.69 Å². The zero-order valence-corrected chi connectivity index (χ0v) is 21.0. The van der Waals surface area contributed by atoms with Gasteiger partial charge in [0, 0.05) is 24.7 Å². The lowest BCUT2D eigenvalue weighted by atomic mass is 9.59. The van der Waals surface area contributed by atoms with Crippen molar-refractivity contribution in [1.29, 1.82) is 0 Å². The zero-order chi connectivity index (χ0) is 24.0. The van der Waals surface area contributed by atoms with Gasteiger partial charge in [-0.25, -0.2) is 0 Å². The number of fused-ring (bicyclic) bond motifs is 4. The molecule has 6 rings (SSSR count). The molecule has 0 aromatic heterocycles. The van der Waals surface area contributed by atoms with Crippen LogP contribution in [0.3, 0.4) is 0 Å². The minimum Gasteiger partial charge on any atom is -0.348 e. The Balaban J connectivity index is 1.15. The van der Waals surface area contributed by atoms with Crippen LogP contribution in [0.4, 0.5) is 0 Å². The van der Waals surface area contributed by atoms with Crippen molar-refractivity contribution < 1.29 is 4.79 Å². The molecule has 2 bridgehead atoms. The molecule has 180 valence electrons. The van der Waals surface area contributed by atoms with E-state index in [4.69, 9.17) is 0 Å². The number of amides is 1. The molecule has 3 aromatic carbocycles. The summed E-state index contributed by atoms with van der Waals surface area (Å²) in [4.78, 5) is 15.9. The Hall–Kier alpha value is -2.91. The van der Waals surface area contributed by atoms with E-state index in [9.17, 15) is 4.79 Å². The second kappa shape index (κ2) is 8.95. The van der Waals surface area contributed by atoms with Gasteiger partial charge in [0.25, 0.3) is 5.91 Å². The lowest BCUT2D eigenvalue weighted by Gasteiger charge is -2.55. The van der Waals surface area contributed by atoms with E-state index in [-0.39, 0.29) is 11.3 Å². The first kappa shape index (κ1) is 22.5. The SMILES string of the molecule is C[C@H]1C2Cc3ccc(C(=O)NCc4ccc(-c5ccccc5)cc4)cc3[C@@]1(C)CCN2CC1CC1. The molecule has 2 aliphatic carbocycles. The summed E-state index contributed by atoms with van der Waals surface area (Å²) < 4.78 is 0. The van der Waals surface area contributed by atoms with Crippen LogP contribution in [-0.4, -0.2) is 29.9 Å². The minimum atomic E-state index is 0.0180. The average Bonchev–Trinajstić information content (AvgIpc) is 3.71. The number of rotatable bonds is 6. The van der Waals surface area contributed by atoms with E-state index in [1.165, 1.54) is 54.6 Å². The molecule has 3 atom stereocenters. The number of carbonyl (C=O) groups excluding carboxylic acids is 1. The molecule has 3 heteroatoms. The molecule has 0 spiro atoms. The summed E-state index contributed by atoms with van der Waals surface area (Å²) in [6, 6.07) is 26.0. The highest BCUT2D eigenvalue weighted by atomic mass is 16.1. The van der Waals surface area contributed by atoms with Gasteiger partial charge in [0.2, 0.25) is 0 Å². The second-order valence-corrected chi connectivity index (χ2v) is 11.3. The van der Waals surface area contributed by atoms with Crippen LogP contribution in [0.2, 0.25) is 0 Å². The van der Waals surface area contributed by atoms with Crippen molar-refractivity contribution in [3.05, 3.63) is 95.1 Å². The van der Waals surface area contributed by atoms with E-state index in [0.29, 0.717) is 18.5 Å². The van der Waals surface area contributed by atoms with Gasteiger partial charge in [0.05, 0.1) is 0 Å². The normalized spacial score (nSPS) is 25.7. The first-order valence-electron chi connectivity index (χ1n) is 13.3. The predicted molar refractivity (Wildman–Crippen MR) is 142 cm³/mol. The van der Waals surface area contributed by atoms with E-state index in [2.05, 4.69) is 84.7 Å². The molecule has 1 N–H and O–H groups in total. The molecule has 1 heterocycles. The molecule has 0 radical (unpaired) electrons. The molecule has 3 aliphatic rings. The summed E-state index contributed by atoms with van der Waals surface area (Å²) in [6.45, 7) is 7.90. The molecule has 3 aromatic rings. The fourth-order valence-corrected chi connectivity index (χ4v) is 6.44. The van der Waals surface area contributed by atoms with Gasteiger partial charge in [0.15, 0.2) is 0 Å². The Kier molecular flexibility index (Phi) is 5.76. The van der Waals surface area contributed by atoms with E-state index in [1.807, 2.05) is 12.1 Å². The van der Waals surface area contributed by atoms with Gasteiger partial charge in [0.1, 0.15) is 0 Å². The third-order valence-corrected chi connectivity index (χ3v) is 9.09. The number of hydrogen-bond donors (Lipinski definition) is 1. The maximum absolute atomic E-state index is 13.1. The number of likely N-dealkylation sites (tertiary alicyclic amines) is 1. The molecule has 2 fully saturated rings. The number of nitrogens with zero attached hydrogens (tertiary/aromatic N) is 1. The number of carbonyl (C=O) groups is 1. The van der Waals surface area contributed by atoms with Crippen molar-refractivity contribution in [2.24, 2.45) is 11.8 Å². The summed E-state index contributed by atoms with van der Waals surface area (Å²) in [5, 5.41) is 3.15. The fraction of sp³-hybridized carbons (Fsp3) is 0.406. The summed E-state index contributed by atoms with van der Waals surface area (Å²) >= 11 is 0. The molecule has 1 aliphatic heterocycles. The Morgan fingerprint density at radius 1 is 1.00 bits per heavy atom. The Morgan fingerprint density at radius 3 is 2.49 bits per heavy atom. The lowest BCUT2D eigenvalue weighted by molar-refractivity contribution is 0.0284. The first-order valence-corrected chi connectivity index (χ1v) is 13.3. The molecular formula is C32H36N2O. The number of piperidine rings is 1. The Morgan fingerprint density at radius 2 is 1.74 bits per heavy atom. The standard InChI is InChI=1S/C32H36N2O/c1-22-30-19-27-14-15-28(18-29(27)32(22,2)16-17-34(30)21-24-8-9-24)31(35)33-20-23-10-12-26(13-11-23)25-6-4-3-5-7-25/h3-7,10-15,18,22,24,30H,8-9,16-17,19-21H2,1-2H3,(H,33,35)/t22-,30?,32-/m0/s1. The van der Waals surface area contributed by atoms with Gasteiger partial charge in [-0.2, -0.15) is 0 Å². The third kappa shape index (κ3) is 4.31. The molecule has 1 saturated carbocycles. The Labute approximate surface area is 209 Å². The van der Waals surface area contributed by atoms with Gasteiger partial charge in [-0.1, -0.05) is 74.5 Å². The van der Waals surface area contributed by atoms with Gasteiger partial charge < -0.3 is 5.32 Å². The minimum absolute atomic E-state index is 0.0180. The summed E-state index contributed by atoms with van der Waals surface area (Å²) in [7, 11) is 0. The van der Waals surface area contributed by atoms with Crippen LogP contribution >= 0.6 is 0 Å². The van der Waals surface area contributed by atoms with Gasteiger partial charge >= 0.3 is 0 Å². The van der Waals surface area contributed by atoms with Crippen molar-refractivity contribution in [2.45, 2.75) is 57.5 Å². The van der Waals surface area contributed by atoms with Crippen LogP contribution < -0.4 is 5.32 Å². The van der Waals surface area contributed by atoms with Crippen molar-refractivity contribution in [3.8, 4) is 11.1 Å². The van der Waals surface area contributed by atoms with Gasteiger partial charge in [-0.05, 0) is 89.4 Å². The van der Waals surface area contributed by atoms with E-state index in [1.54, 1.807) is 0 Å². The predicted octanol–water partition coefficient (Wildman–Crippen LogP) is 6.22. The Bertz CT molecular complexity index is 1210. The topological polar surface area (TPSA) is 32.3 Å². The molecule has 1 unspecified atom stereocenters. The third-order valence-electron chi connectivity index (χ3n) is 9.09. The van der Waals surface area contributed by atoms with Crippen LogP contribution in [0.1, 0.15) is 60.2 Å². The quantitative estimate of drug-likeness (QED) is 0.470. The molecule has 1 amide bonds. The summed E-state index contributed by atoms with van der Waals surface area (Å²) in [5.41, 5.74) is 7.32. The van der Waals surface area contributed by atoms with Crippen LogP contribution in [0.25, 0.3) is 11.1 Å². The number of nitrogens with one attached hydrogen (secondary N) is 1. The van der Waals surface area contributed by atoms with Crippen LogP contribution in [0.15, 0.2) is 72.8 Å². The molecule has 3 nitrogen and oxygen atoms in total. The maximum Gasteiger partial charge on any atom is 0.251 e. The van der Waals surface area contributed by atoms with Crippen LogP contribution in [0.5, 0.6) is 0 Å². The van der Waals surface area contributed by atoms with Gasteiger partial charge in [-0.15, -0.1) is 0 Å². The highest BCUT2D eigenvalue weighted by molar-refractivity contribution is 5.94. The highest BCUT2D eigenvalue weighted by Gasteiger charge is 2.49. The monoisotopic (exact) mass is 464 g/mol. The first-order chi connectivity index (χ1) is 17.0.